The number of anilines is 1. The summed E-state index contributed by atoms with van der Waals surface area (Å²) in [4.78, 5) is 7.20. The molecule has 1 aliphatic heterocycles. The lowest BCUT2D eigenvalue weighted by Gasteiger charge is -2.30. The van der Waals surface area contributed by atoms with Crippen molar-refractivity contribution in [1.29, 1.82) is 0 Å². The van der Waals surface area contributed by atoms with Crippen molar-refractivity contribution in [3.63, 3.8) is 0 Å². The number of benzene rings is 1. The average molecular weight is 474 g/mol. The Morgan fingerprint density at radius 1 is 1.08 bits per heavy atom. The highest BCUT2D eigenvalue weighted by atomic mass is 127. The molecule has 1 fully saturated rings. The van der Waals surface area contributed by atoms with Crippen molar-refractivity contribution < 1.29 is 4.74 Å². The summed E-state index contributed by atoms with van der Waals surface area (Å²) in [5, 5.41) is 6.80. The minimum absolute atomic E-state index is 0. The first-order chi connectivity index (χ1) is 12.3. The molecule has 0 aliphatic carbocycles. The van der Waals surface area contributed by atoms with E-state index >= 15 is 0 Å². The molecule has 2 rings (SSSR count). The molecule has 1 aliphatic rings. The van der Waals surface area contributed by atoms with Gasteiger partial charge in [0.2, 0.25) is 0 Å². The number of halogens is 1. The van der Waals surface area contributed by atoms with Crippen LogP contribution in [-0.4, -0.2) is 45.4 Å². The predicted octanol–water partition coefficient (Wildman–Crippen LogP) is 3.78. The van der Waals surface area contributed by atoms with E-state index in [-0.39, 0.29) is 24.0 Å². The molecule has 1 heterocycles. The van der Waals surface area contributed by atoms with E-state index in [0.717, 1.165) is 45.4 Å². The van der Waals surface area contributed by atoms with E-state index in [1.165, 1.54) is 36.9 Å². The van der Waals surface area contributed by atoms with Crippen LogP contribution in [0.4, 0.5) is 5.69 Å². The summed E-state index contributed by atoms with van der Waals surface area (Å²) in [6, 6.07) is 8.58. The third kappa shape index (κ3) is 8.12. The molecule has 0 aromatic heterocycles. The molecule has 0 spiro atoms. The van der Waals surface area contributed by atoms with Crippen molar-refractivity contribution in [2.24, 2.45) is 4.99 Å². The van der Waals surface area contributed by atoms with Gasteiger partial charge in [-0.3, -0.25) is 0 Å². The van der Waals surface area contributed by atoms with Crippen LogP contribution in [0, 0.1) is 0 Å². The van der Waals surface area contributed by atoms with Crippen LogP contribution in [0.3, 0.4) is 0 Å². The summed E-state index contributed by atoms with van der Waals surface area (Å²) in [5.74, 6) is 0.913. The summed E-state index contributed by atoms with van der Waals surface area (Å²) in [6.07, 6.45) is 5.06. The first-order valence-electron chi connectivity index (χ1n) is 9.78. The van der Waals surface area contributed by atoms with Gasteiger partial charge in [-0.2, -0.15) is 0 Å². The number of para-hydroxylation sites is 1. The van der Waals surface area contributed by atoms with Gasteiger partial charge in [-0.25, -0.2) is 4.99 Å². The number of hydrogen-bond donors (Lipinski definition) is 2. The van der Waals surface area contributed by atoms with Crippen molar-refractivity contribution in [1.82, 2.24) is 10.6 Å². The van der Waals surface area contributed by atoms with E-state index in [9.17, 15) is 0 Å². The Bertz CT molecular complexity index is 518. The van der Waals surface area contributed by atoms with Gasteiger partial charge in [0.15, 0.2) is 5.96 Å². The van der Waals surface area contributed by atoms with E-state index in [2.05, 4.69) is 53.6 Å². The first-order valence-corrected chi connectivity index (χ1v) is 9.78. The second kappa shape index (κ2) is 14.1. The molecule has 148 valence electrons. The summed E-state index contributed by atoms with van der Waals surface area (Å²) < 4.78 is 5.47. The molecule has 0 saturated carbocycles. The molecule has 1 aromatic carbocycles. The number of ether oxygens (including phenoxy) is 1. The van der Waals surface area contributed by atoms with Crippen LogP contribution in [0.2, 0.25) is 0 Å². The maximum atomic E-state index is 5.47. The van der Waals surface area contributed by atoms with Crippen molar-refractivity contribution in [2.75, 3.05) is 44.3 Å². The summed E-state index contributed by atoms with van der Waals surface area (Å²) >= 11 is 0. The number of aliphatic imine (C=N–C) groups is 1. The van der Waals surface area contributed by atoms with Crippen molar-refractivity contribution in [2.45, 2.75) is 46.1 Å². The van der Waals surface area contributed by atoms with E-state index in [0.29, 0.717) is 6.54 Å². The molecule has 0 radical (unpaired) electrons. The number of morpholine rings is 1. The molecule has 1 aromatic rings. The van der Waals surface area contributed by atoms with E-state index < -0.39 is 0 Å². The van der Waals surface area contributed by atoms with Gasteiger partial charge >= 0.3 is 0 Å². The van der Waals surface area contributed by atoms with Gasteiger partial charge in [-0.15, -0.1) is 24.0 Å². The number of guanidine groups is 1. The Balaban J connectivity index is 0.00000338. The third-order valence-electron chi connectivity index (χ3n) is 4.42. The SMILES string of the molecule is CCCCCCNC(=NCc1ccccc1N1CCOCC1)NCC.I. The van der Waals surface area contributed by atoms with Gasteiger partial charge in [0.05, 0.1) is 19.8 Å². The lowest BCUT2D eigenvalue weighted by atomic mass is 10.1. The smallest absolute Gasteiger partial charge is 0.191 e. The van der Waals surface area contributed by atoms with Crippen molar-refractivity contribution in [3.05, 3.63) is 29.8 Å². The van der Waals surface area contributed by atoms with Gasteiger partial charge < -0.3 is 20.3 Å². The summed E-state index contributed by atoms with van der Waals surface area (Å²) in [6.45, 7) is 10.4. The Hall–Kier alpha value is -1.02. The zero-order valence-corrected chi connectivity index (χ0v) is 18.6. The zero-order chi connectivity index (χ0) is 17.7. The molecule has 0 amide bonds. The van der Waals surface area contributed by atoms with Crippen LogP contribution in [0.15, 0.2) is 29.3 Å². The number of rotatable bonds is 9. The molecule has 26 heavy (non-hydrogen) atoms. The Kier molecular flexibility index (Phi) is 12.5. The van der Waals surface area contributed by atoms with Crippen molar-refractivity contribution in [3.8, 4) is 0 Å². The minimum atomic E-state index is 0. The largest absolute Gasteiger partial charge is 0.378 e. The van der Waals surface area contributed by atoms with Gasteiger partial charge in [0.1, 0.15) is 0 Å². The van der Waals surface area contributed by atoms with Crippen LogP contribution in [0.25, 0.3) is 0 Å². The molecule has 0 bridgehead atoms. The normalized spacial score (nSPS) is 14.7. The van der Waals surface area contributed by atoms with Gasteiger partial charge in [-0.05, 0) is 25.0 Å². The second-order valence-corrected chi connectivity index (χ2v) is 6.41. The quantitative estimate of drug-likeness (QED) is 0.248. The minimum Gasteiger partial charge on any atom is -0.378 e. The molecular weight excluding hydrogens is 439 g/mol. The predicted molar refractivity (Wildman–Crippen MR) is 122 cm³/mol. The molecular formula is C20H35IN4O. The second-order valence-electron chi connectivity index (χ2n) is 6.41. The monoisotopic (exact) mass is 474 g/mol. The van der Waals surface area contributed by atoms with E-state index in [1.54, 1.807) is 0 Å². The Morgan fingerprint density at radius 3 is 2.58 bits per heavy atom. The van der Waals surface area contributed by atoms with Crippen LogP contribution in [0.5, 0.6) is 0 Å². The maximum Gasteiger partial charge on any atom is 0.191 e. The zero-order valence-electron chi connectivity index (χ0n) is 16.3. The van der Waals surface area contributed by atoms with Crippen LogP contribution in [0.1, 0.15) is 45.1 Å². The fraction of sp³-hybridized carbons (Fsp3) is 0.650. The maximum absolute atomic E-state index is 5.47. The van der Waals surface area contributed by atoms with Crippen LogP contribution < -0.4 is 15.5 Å². The fourth-order valence-corrected chi connectivity index (χ4v) is 3.02. The number of nitrogens with zero attached hydrogens (tertiary/aromatic N) is 2. The molecule has 5 nitrogen and oxygen atoms in total. The summed E-state index contributed by atoms with van der Waals surface area (Å²) in [5.41, 5.74) is 2.56. The Morgan fingerprint density at radius 2 is 1.85 bits per heavy atom. The molecule has 1 saturated heterocycles. The lowest BCUT2D eigenvalue weighted by molar-refractivity contribution is 0.122. The topological polar surface area (TPSA) is 48.9 Å². The van der Waals surface area contributed by atoms with Crippen LogP contribution in [-0.2, 0) is 11.3 Å². The lowest BCUT2D eigenvalue weighted by Crippen LogP contribution is -2.38. The molecule has 0 unspecified atom stereocenters. The molecule has 2 N–H and O–H groups in total. The average Bonchev–Trinajstić information content (AvgIpc) is 2.67. The van der Waals surface area contributed by atoms with Gasteiger partial charge in [-0.1, -0.05) is 44.4 Å². The third-order valence-corrected chi connectivity index (χ3v) is 4.42. The molecule has 6 heteroatoms. The standard InChI is InChI=1S/C20H34N4O.HI/c1-3-5-6-9-12-22-20(21-4-2)23-17-18-10-7-8-11-19(18)24-13-15-25-16-14-24;/h7-8,10-11H,3-6,9,12-17H2,1-2H3,(H2,21,22,23);1H. The number of nitrogens with one attached hydrogen (secondary N) is 2. The fourth-order valence-electron chi connectivity index (χ4n) is 3.02. The van der Waals surface area contributed by atoms with Crippen molar-refractivity contribution >= 4 is 35.6 Å². The van der Waals surface area contributed by atoms with Gasteiger partial charge in [0.25, 0.3) is 0 Å². The highest BCUT2D eigenvalue weighted by Crippen LogP contribution is 2.22. The van der Waals surface area contributed by atoms with E-state index in [1.807, 2.05) is 0 Å². The van der Waals surface area contributed by atoms with E-state index in [4.69, 9.17) is 9.73 Å². The number of unbranched alkanes of at least 4 members (excludes halogenated alkanes) is 3. The summed E-state index contributed by atoms with van der Waals surface area (Å²) in [7, 11) is 0. The number of hydrogen-bond acceptors (Lipinski definition) is 3. The highest BCUT2D eigenvalue weighted by Gasteiger charge is 2.14. The Labute approximate surface area is 176 Å². The first kappa shape index (κ1) is 23.0. The molecule has 0 atom stereocenters. The van der Waals surface area contributed by atoms with Gasteiger partial charge in [0, 0.05) is 31.9 Å². The van der Waals surface area contributed by atoms with Crippen LogP contribution >= 0.6 is 24.0 Å². The highest BCUT2D eigenvalue weighted by molar-refractivity contribution is 14.0.